The Kier molecular flexibility index (Phi) is 8.07. The molecule has 0 spiro atoms. The number of carbonyl (C=O) groups is 2. The number of esters is 1. The van der Waals surface area contributed by atoms with Gasteiger partial charge < -0.3 is 0 Å². The van der Waals surface area contributed by atoms with E-state index in [1.165, 1.54) is 0 Å². The van der Waals surface area contributed by atoms with E-state index in [4.69, 9.17) is 4.74 Å². The molecule has 0 N–H and O–H groups in total. The van der Waals surface area contributed by atoms with Crippen LogP contribution in [0.25, 0.3) is 0 Å². The fourth-order valence-corrected chi connectivity index (χ4v) is 3.81. The number of rotatable bonds is 8. The van der Waals surface area contributed by atoms with Crippen molar-refractivity contribution in [1.29, 1.82) is 0 Å². The van der Waals surface area contributed by atoms with Gasteiger partial charge in [-0.2, -0.15) is 0 Å². The average molecular weight is 425 g/mol. The van der Waals surface area contributed by atoms with Crippen molar-refractivity contribution in [3.63, 3.8) is 0 Å². The van der Waals surface area contributed by atoms with E-state index in [0.29, 0.717) is 5.56 Å². The van der Waals surface area contributed by atoms with Crippen molar-refractivity contribution < 1.29 is 14.3 Å². The Bertz CT molecular complexity index is 834. The first-order valence-corrected chi connectivity index (χ1v) is 10.4. The van der Waals surface area contributed by atoms with Gasteiger partial charge >= 0.3 is 167 Å². The van der Waals surface area contributed by atoms with Crippen LogP contribution < -0.4 is 4.46 Å². The summed E-state index contributed by atoms with van der Waals surface area (Å²) in [5.74, 6) is 2.24. The molecule has 2 rings (SSSR count). The van der Waals surface area contributed by atoms with Crippen molar-refractivity contribution in [2.45, 2.75) is 19.8 Å². The van der Waals surface area contributed by atoms with E-state index < -0.39 is 11.4 Å². The summed E-state index contributed by atoms with van der Waals surface area (Å²) in [6, 6.07) is 18.7. The molecular weight excluding hydrogens is 403 g/mol. The first-order valence-electron chi connectivity index (χ1n) is 8.71. The Labute approximate surface area is 167 Å². The second-order valence-corrected chi connectivity index (χ2v) is 7.71. The molecule has 2 aromatic carbocycles. The maximum absolute atomic E-state index is 13.2. The molecular formula is C23H22O3Se. The van der Waals surface area contributed by atoms with Crippen LogP contribution in [0.15, 0.2) is 73.3 Å². The molecule has 4 heteroatoms. The Hall–Kier alpha value is -2.60. The third-order valence-electron chi connectivity index (χ3n) is 4.00. The number of carbonyl (C=O) groups excluding carboxylic acids is 2. The van der Waals surface area contributed by atoms with Gasteiger partial charge in [0.25, 0.3) is 0 Å². The van der Waals surface area contributed by atoms with Crippen LogP contribution in [0.3, 0.4) is 0 Å². The summed E-state index contributed by atoms with van der Waals surface area (Å²) in [5.41, 5.74) is -0.887. The van der Waals surface area contributed by atoms with Crippen molar-refractivity contribution in [3.05, 3.63) is 78.9 Å². The Morgan fingerprint density at radius 3 is 2.33 bits per heavy atom. The Morgan fingerprint density at radius 2 is 1.74 bits per heavy atom. The zero-order valence-electron chi connectivity index (χ0n) is 15.3. The number of benzene rings is 2. The second kappa shape index (κ2) is 10.5. The van der Waals surface area contributed by atoms with E-state index in [-0.39, 0.29) is 40.2 Å². The molecule has 1 atom stereocenters. The molecule has 0 aliphatic rings. The first-order chi connectivity index (χ1) is 13.1. The number of ether oxygens (including phenoxy) is 1. The van der Waals surface area contributed by atoms with E-state index in [1.807, 2.05) is 36.4 Å². The normalized spacial score (nSPS) is 12.2. The molecule has 0 amide bonds. The van der Waals surface area contributed by atoms with Crippen molar-refractivity contribution in [3.8, 4) is 10.7 Å². The predicted octanol–water partition coefficient (Wildman–Crippen LogP) is 3.38. The Balaban J connectivity index is 2.32. The third-order valence-corrected chi connectivity index (χ3v) is 5.59. The SMILES string of the molecule is C=CCC(CC#C[Se]c1ccccc1)(C(=O)OCC)C(=O)c1ccccc1. The average Bonchev–Trinajstić information content (AvgIpc) is 2.71. The number of hydrogen-bond donors (Lipinski definition) is 0. The van der Waals surface area contributed by atoms with Crippen molar-refractivity contribution in [2.75, 3.05) is 6.61 Å². The van der Waals surface area contributed by atoms with Gasteiger partial charge in [-0.3, -0.25) is 0 Å². The molecule has 0 radical (unpaired) electrons. The van der Waals surface area contributed by atoms with Gasteiger partial charge in [-0.25, -0.2) is 0 Å². The summed E-state index contributed by atoms with van der Waals surface area (Å²) in [5, 5.41) is 0. The van der Waals surface area contributed by atoms with Gasteiger partial charge in [0.1, 0.15) is 0 Å². The molecule has 3 nitrogen and oxygen atoms in total. The van der Waals surface area contributed by atoms with Crippen LogP contribution in [0.2, 0.25) is 0 Å². The summed E-state index contributed by atoms with van der Waals surface area (Å²) < 4.78 is 6.40. The number of Topliss-reactive ketones (excluding diaryl/α,β-unsaturated/α-hetero) is 1. The van der Waals surface area contributed by atoms with E-state index in [1.54, 1.807) is 37.3 Å². The van der Waals surface area contributed by atoms with Crippen LogP contribution in [-0.2, 0) is 9.53 Å². The van der Waals surface area contributed by atoms with E-state index in [2.05, 4.69) is 17.3 Å². The van der Waals surface area contributed by atoms with E-state index in [9.17, 15) is 9.59 Å². The summed E-state index contributed by atoms with van der Waals surface area (Å²) in [4.78, 5) is 29.1. The number of hydrogen-bond acceptors (Lipinski definition) is 3. The summed E-state index contributed by atoms with van der Waals surface area (Å²) in [7, 11) is 0. The molecule has 27 heavy (non-hydrogen) atoms. The van der Waals surface area contributed by atoms with Crippen LogP contribution >= 0.6 is 0 Å². The van der Waals surface area contributed by atoms with Crippen LogP contribution in [0.1, 0.15) is 30.1 Å². The molecule has 138 valence electrons. The molecule has 0 aliphatic heterocycles. The molecule has 0 fully saturated rings. The topological polar surface area (TPSA) is 43.4 Å². The summed E-state index contributed by atoms with van der Waals surface area (Å²) in [6.45, 7) is 5.68. The minimum absolute atomic E-state index is 0.0361. The standard InChI is InChI=1S/C23H22O3Se/c1-3-16-23(22(25)26-4-2,21(24)19-12-7-5-8-13-19)17-11-18-27-20-14-9-6-10-15-20/h3,5-10,12-15H,1,4,16-17H2,2H3. The molecule has 2 aromatic rings. The van der Waals surface area contributed by atoms with Gasteiger partial charge in [0.15, 0.2) is 0 Å². The van der Waals surface area contributed by atoms with Gasteiger partial charge in [0, 0.05) is 0 Å². The van der Waals surface area contributed by atoms with Gasteiger partial charge in [-0.15, -0.1) is 0 Å². The molecule has 0 aliphatic carbocycles. The molecule has 0 heterocycles. The van der Waals surface area contributed by atoms with Gasteiger partial charge in [0.05, 0.1) is 0 Å². The molecule has 0 bridgehead atoms. The molecule has 0 aromatic heterocycles. The third kappa shape index (κ3) is 5.44. The summed E-state index contributed by atoms with van der Waals surface area (Å²) in [6.07, 6.45) is 1.88. The fraction of sp³-hybridized carbons (Fsp3) is 0.217. The Morgan fingerprint density at radius 1 is 1.11 bits per heavy atom. The van der Waals surface area contributed by atoms with Gasteiger partial charge in [0.2, 0.25) is 0 Å². The van der Waals surface area contributed by atoms with Crippen molar-refractivity contribution in [1.82, 2.24) is 0 Å². The van der Waals surface area contributed by atoms with E-state index in [0.717, 1.165) is 4.46 Å². The van der Waals surface area contributed by atoms with Crippen LogP contribution in [0, 0.1) is 16.2 Å². The first kappa shape index (κ1) is 20.7. The quantitative estimate of drug-likeness (QED) is 0.163. The predicted molar refractivity (Wildman–Crippen MR) is 109 cm³/mol. The zero-order valence-corrected chi connectivity index (χ0v) is 17.0. The number of allylic oxidation sites excluding steroid dienone is 1. The minimum atomic E-state index is -1.36. The van der Waals surface area contributed by atoms with Crippen LogP contribution in [0.4, 0.5) is 0 Å². The van der Waals surface area contributed by atoms with Crippen LogP contribution in [0.5, 0.6) is 0 Å². The monoisotopic (exact) mass is 426 g/mol. The molecule has 1 unspecified atom stereocenters. The van der Waals surface area contributed by atoms with Crippen LogP contribution in [-0.4, -0.2) is 33.3 Å². The molecule has 0 saturated heterocycles. The molecule has 0 saturated carbocycles. The maximum atomic E-state index is 13.2. The van der Waals surface area contributed by atoms with Gasteiger partial charge in [-0.1, -0.05) is 0 Å². The fourth-order valence-electron chi connectivity index (χ4n) is 2.65. The summed E-state index contributed by atoms with van der Waals surface area (Å²) >= 11 is -0.0361. The second-order valence-electron chi connectivity index (χ2n) is 5.86. The van der Waals surface area contributed by atoms with E-state index >= 15 is 0 Å². The number of ketones is 1. The van der Waals surface area contributed by atoms with Crippen molar-refractivity contribution >= 4 is 31.2 Å². The zero-order chi connectivity index (χ0) is 19.5. The van der Waals surface area contributed by atoms with Gasteiger partial charge in [-0.05, 0) is 0 Å². The van der Waals surface area contributed by atoms with Crippen molar-refractivity contribution in [2.24, 2.45) is 5.41 Å².